The summed E-state index contributed by atoms with van der Waals surface area (Å²) >= 11 is 0. The summed E-state index contributed by atoms with van der Waals surface area (Å²) in [4.78, 5) is 15.4. The molecule has 1 N–H and O–H groups in total. The fourth-order valence-electron chi connectivity index (χ4n) is 4.88. The molecule has 1 heterocycles. The number of morpholine rings is 1. The summed E-state index contributed by atoms with van der Waals surface area (Å²) in [5, 5.41) is 3.33. The number of hydrogen-bond acceptors (Lipinski definition) is 3. The molecular weight excluding hydrogens is 312 g/mol. The van der Waals surface area contributed by atoms with Gasteiger partial charge >= 0.3 is 0 Å². The molecular formula is C21H30N2O2. The first-order chi connectivity index (χ1) is 12.2. The van der Waals surface area contributed by atoms with Gasteiger partial charge < -0.3 is 10.1 Å². The highest BCUT2D eigenvalue weighted by Crippen LogP contribution is 2.61. The van der Waals surface area contributed by atoms with Crippen molar-refractivity contribution in [3.8, 4) is 0 Å². The van der Waals surface area contributed by atoms with Crippen LogP contribution in [0.15, 0.2) is 24.3 Å². The molecule has 0 bridgehead atoms. The number of carbonyl (C=O) groups is 1. The number of aryl methyl sites for hydroxylation is 1. The van der Waals surface area contributed by atoms with Crippen LogP contribution in [-0.2, 0) is 9.53 Å². The van der Waals surface area contributed by atoms with Crippen LogP contribution in [0.2, 0.25) is 0 Å². The highest BCUT2D eigenvalue weighted by molar-refractivity contribution is 5.86. The van der Waals surface area contributed by atoms with Crippen LogP contribution < -0.4 is 5.32 Å². The van der Waals surface area contributed by atoms with Crippen molar-refractivity contribution in [3.05, 3.63) is 35.4 Å². The van der Waals surface area contributed by atoms with Crippen LogP contribution in [0.25, 0.3) is 0 Å². The Balaban J connectivity index is 1.45. The second-order valence-electron chi connectivity index (χ2n) is 8.09. The maximum Gasteiger partial charge on any atom is 0.226 e. The molecule has 4 nitrogen and oxygen atoms in total. The van der Waals surface area contributed by atoms with Gasteiger partial charge in [0.05, 0.1) is 24.7 Å². The van der Waals surface area contributed by atoms with Gasteiger partial charge in [-0.2, -0.15) is 0 Å². The third kappa shape index (κ3) is 3.47. The van der Waals surface area contributed by atoms with Crippen molar-refractivity contribution in [3.63, 3.8) is 0 Å². The second kappa shape index (κ2) is 7.08. The van der Waals surface area contributed by atoms with Crippen LogP contribution in [0.3, 0.4) is 0 Å². The number of fused-ring (bicyclic) bond motifs is 1. The van der Waals surface area contributed by atoms with E-state index in [1.165, 1.54) is 30.4 Å². The molecule has 0 spiro atoms. The lowest BCUT2D eigenvalue weighted by Gasteiger charge is -2.35. The van der Waals surface area contributed by atoms with Crippen LogP contribution in [0.1, 0.15) is 49.3 Å². The summed E-state index contributed by atoms with van der Waals surface area (Å²) in [6.45, 7) is 6.26. The maximum absolute atomic E-state index is 12.9. The van der Waals surface area contributed by atoms with Gasteiger partial charge in [-0.25, -0.2) is 0 Å². The Bertz CT molecular complexity index is 626. The van der Waals surface area contributed by atoms with E-state index in [1.807, 2.05) is 0 Å². The van der Waals surface area contributed by atoms with E-state index in [1.54, 1.807) is 0 Å². The van der Waals surface area contributed by atoms with Gasteiger partial charge in [-0.15, -0.1) is 0 Å². The van der Waals surface area contributed by atoms with Crippen LogP contribution in [-0.4, -0.2) is 43.7 Å². The van der Waals surface area contributed by atoms with E-state index in [-0.39, 0.29) is 11.5 Å². The van der Waals surface area contributed by atoms with E-state index in [0.717, 1.165) is 39.1 Å². The molecule has 4 rings (SSSR count). The number of nitrogens with one attached hydrogen (secondary N) is 1. The number of rotatable bonds is 5. The second-order valence-corrected chi connectivity index (χ2v) is 8.09. The van der Waals surface area contributed by atoms with Crippen molar-refractivity contribution >= 4 is 5.91 Å². The van der Waals surface area contributed by atoms with Gasteiger partial charge in [0.2, 0.25) is 5.91 Å². The number of carbonyl (C=O) groups excluding carboxylic acids is 1. The summed E-state index contributed by atoms with van der Waals surface area (Å²) in [6.07, 6.45) is 5.98. The molecule has 1 saturated heterocycles. The number of amides is 1. The Labute approximate surface area is 150 Å². The van der Waals surface area contributed by atoms with Crippen molar-refractivity contribution in [2.45, 2.75) is 45.1 Å². The van der Waals surface area contributed by atoms with E-state index in [0.29, 0.717) is 18.4 Å². The molecule has 3 atom stereocenters. The maximum atomic E-state index is 12.9. The molecule has 1 aliphatic heterocycles. The monoisotopic (exact) mass is 342 g/mol. The van der Waals surface area contributed by atoms with Gasteiger partial charge in [-0.3, -0.25) is 9.69 Å². The highest BCUT2D eigenvalue weighted by atomic mass is 16.5. The quantitative estimate of drug-likeness (QED) is 0.894. The van der Waals surface area contributed by atoms with Crippen LogP contribution in [0.4, 0.5) is 0 Å². The molecule has 0 aromatic heterocycles. The predicted octanol–water partition coefficient (Wildman–Crippen LogP) is 3.06. The molecule has 3 fully saturated rings. The summed E-state index contributed by atoms with van der Waals surface area (Å²) < 4.78 is 5.52. The first kappa shape index (κ1) is 17.0. The van der Waals surface area contributed by atoms with Crippen molar-refractivity contribution in [1.82, 2.24) is 10.2 Å². The minimum atomic E-state index is -0.0135. The van der Waals surface area contributed by atoms with Crippen LogP contribution >= 0.6 is 0 Å². The number of ether oxygens (including phenoxy) is 1. The summed E-state index contributed by atoms with van der Waals surface area (Å²) in [5.74, 6) is 0.963. The molecule has 136 valence electrons. The fourth-order valence-corrected chi connectivity index (χ4v) is 4.88. The van der Waals surface area contributed by atoms with E-state index >= 15 is 0 Å². The lowest BCUT2D eigenvalue weighted by molar-refractivity contribution is -0.128. The van der Waals surface area contributed by atoms with Gasteiger partial charge in [-0.05, 0) is 37.7 Å². The Morgan fingerprint density at radius 1 is 1.36 bits per heavy atom. The molecule has 1 aromatic rings. The standard InChI is InChI=1S/C21H30N2O2/c1-16-5-4-6-17(13-16)19(23-9-11-25-12-10-23)15-22-20(24)21-8-3-2-7-18(21)14-21/h4-6,13,18-19H,2-3,7-12,14-15H2,1H3,(H,22,24). The minimum absolute atomic E-state index is 0.0135. The Hall–Kier alpha value is -1.39. The zero-order chi connectivity index (χ0) is 17.3. The van der Waals surface area contributed by atoms with Crippen molar-refractivity contribution in [2.75, 3.05) is 32.8 Å². The molecule has 1 amide bonds. The topological polar surface area (TPSA) is 41.6 Å². The summed E-state index contributed by atoms with van der Waals surface area (Å²) in [5.41, 5.74) is 2.56. The summed E-state index contributed by atoms with van der Waals surface area (Å²) in [6, 6.07) is 8.94. The zero-order valence-corrected chi connectivity index (χ0v) is 15.3. The molecule has 2 aliphatic carbocycles. The Morgan fingerprint density at radius 3 is 2.96 bits per heavy atom. The number of hydrogen-bond donors (Lipinski definition) is 1. The predicted molar refractivity (Wildman–Crippen MR) is 98.3 cm³/mol. The van der Waals surface area contributed by atoms with Crippen molar-refractivity contribution < 1.29 is 9.53 Å². The molecule has 25 heavy (non-hydrogen) atoms. The third-order valence-corrected chi connectivity index (χ3v) is 6.48. The lowest BCUT2D eigenvalue weighted by Crippen LogP contribution is -2.45. The summed E-state index contributed by atoms with van der Waals surface area (Å²) in [7, 11) is 0. The number of nitrogens with zero attached hydrogens (tertiary/aromatic N) is 1. The fraction of sp³-hybridized carbons (Fsp3) is 0.667. The van der Waals surface area contributed by atoms with E-state index in [4.69, 9.17) is 4.74 Å². The van der Waals surface area contributed by atoms with Gasteiger partial charge in [0.1, 0.15) is 0 Å². The molecule has 3 aliphatic rings. The number of benzene rings is 1. The average Bonchev–Trinajstić information content (AvgIpc) is 3.39. The Kier molecular flexibility index (Phi) is 4.83. The van der Waals surface area contributed by atoms with Crippen molar-refractivity contribution in [1.29, 1.82) is 0 Å². The molecule has 4 heteroatoms. The van der Waals surface area contributed by atoms with E-state index < -0.39 is 0 Å². The molecule has 3 unspecified atom stereocenters. The normalized spacial score (nSPS) is 30.4. The zero-order valence-electron chi connectivity index (χ0n) is 15.3. The molecule has 0 radical (unpaired) electrons. The largest absolute Gasteiger partial charge is 0.379 e. The average molecular weight is 342 g/mol. The molecule has 2 saturated carbocycles. The van der Waals surface area contributed by atoms with Crippen LogP contribution in [0.5, 0.6) is 0 Å². The van der Waals surface area contributed by atoms with E-state index in [9.17, 15) is 4.79 Å². The van der Waals surface area contributed by atoms with Gasteiger partial charge in [0.25, 0.3) is 0 Å². The smallest absolute Gasteiger partial charge is 0.226 e. The first-order valence-corrected chi connectivity index (χ1v) is 9.86. The minimum Gasteiger partial charge on any atom is -0.379 e. The van der Waals surface area contributed by atoms with E-state index in [2.05, 4.69) is 41.4 Å². The van der Waals surface area contributed by atoms with Gasteiger partial charge in [0.15, 0.2) is 0 Å². The van der Waals surface area contributed by atoms with Gasteiger partial charge in [0, 0.05) is 19.6 Å². The highest BCUT2D eigenvalue weighted by Gasteiger charge is 2.59. The SMILES string of the molecule is Cc1cccc(C(CNC(=O)C23CCCCC2C3)N2CCOCC2)c1. The van der Waals surface area contributed by atoms with Gasteiger partial charge in [-0.1, -0.05) is 42.7 Å². The third-order valence-electron chi connectivity index (χ3n) is 6.48. The first-order valence-electron chi connectivity index (χ1n) is 9.86. The Morgan fingerprint density at radius 2 is 2.20 bits per heavy atom. The van der Waals surface area contributed by atoms with Crippen LogP contribution in [0, 0.1) is 18.3 Å². The lowest BCUT2D eigenvalue weighted by atomic mass is 9.87. The molecule has 1 aromatic carbocycles. The van der Waals surface area contributed by atoms with Crippen molar-refractivity contribution in [2.24, 2.45) is 11.3 Å².